The van der Waals surface area contributed by atoms with E-state index in [0.29, 0.717) is 0 Å². The average molecular weight is 171 g/mol. The number of carbonyl (C=O) groups excluding carboxylic acids is 1. The van der Waals surface area contributed by atoms with Gasteiger partial charge >= 0.3 is 0 Å². The maximum Gasteiger partial charge on any atom is 0.298 e. The van der Waals surface area contributed by atoms with E-state index < -0.39 is 40.5 Å². The second-order valence-corrected chi connectivity index (χ2v) is 1.65. The van der Waals surface area contributed by atoms with Gasteiger partial charge in [0.1, 0.15) is 5.75 Å². The first-order valence-electron chi connectivity index (χ1n) is 4.76. The molecule has 1 aromatic rings. The van der Waals surface area contributed by atoms with Gasteiger partial charge in [0, 0.05) is 6.04 Å². The Morgan fingerprint density at radius 1 is 1.67 bits per heavy atom. The first kappa shape index (κ1) is 4.20. The molecular formula is C7H5NO4. The van der Waals surface area contributed by atoms with Crippen molar-refractivity contribution in [1.29, 1.82) is 0 Å². The molecule has 5 heteroatoms. The molecule has 0 heterocycles. The van der Waals surface area contributed by atoms with E-state index in [9.17, 15) is 14.9 Å². The normalized spacial score (nSPS) is 13.7. The van der Waals surface area contributed by atoms with Gasteiger partial charge in [-0.1, -0.05) is 6.04 Å². The molecule has 0 spiro atoms. The van der Waals surface area contributed by atoms with Gasteiger partial charge in [0.15, 0.2) is 0 Å². The first-order valence-corrected chi connectivity index (χ1v) is 2.76. The molecule has 0 aromatic heterocycles. The van der Waals surface area contributed by atoms with E-state index >= 15 is 0 Å². The van der Waals surface area contributed by atoms with E-state index in [0.717, 1.165) is 0 Å². The molecule has 0 N–H and O–H groups in total. The van der Waals surface area contributed by atoms with Crippen LogP contribution in [0.4, 0.5) is 5.69 Å². The summed E-state index contributed by atoms with van der Waals surface area (Å²) in [5.41, 5.74) is -0.960. The molecule has 0 saturated heterocycles. The Morgan fingerprint density at radius 3 is 3.00 bits per heavy atom. The second-order valence-electron chi connectivity index (χ2n) is 1.65. The molecule has 5 nitrogen and oxygen atoms in total. The number of nitro groups is 1. The fourth-order valence-electron chi connectivity index (χ4n) is 0.516. The molecule has 62 valence electrons. The zero-order chi connectivity index (χ0) is 12.5. The van der Waals surface area contributed by atoms with Crippen LogP contribution >= 0.6 is 0 Å². The van der Waals surface area contributed by atoms with Crippen LogP contribution in [0.5, 0.6) is 5.75 Å². The Morgan fingerprint density at radius 2 is 2.42 bits per heavy atom. The predicted octanol–water partition coefficient (Wildman–Crippen LogP) is 1.13. The molecule has 0 aliphatic rings. The lowest BCUT2D eigenvalue weighted by Gasteiger charge is -1.95. The monoisotopic (exact) mass is 171 g/mol. The van der Waals surface area contributed by atoms with Crippen molar-refractivity contribution in [3.8, 4) is 5.75 Å². The predicted molar refractivity (Wildman–Crippen MR) is 39.8 cm³/mol. The quantitative estimate of drug-likeness (QED) is 0.388. The van der Waals surface area contributed by atoms with Crippen LogP contribution in [-0.4, -0.2) is 11.4 Å². The molecule has 0 unspecified atom stereocenters. The van der Waals surface area contributed by atoms with Crippen LogP contribution in [0.3, 0.4) is 0 Å². The Kier molecular flexibility index (Phi) is 1.22. The highest BCUT2D eigenvalue weighted by Gasteiger charge is 2.05. The van der Waals surface area contributed by atoms with E-state index in [-0.39, 0.29) is 6.47 Å². The lowest BCUT2D eigenvalue weighted by molar-refractivity contribution is -0.384. The highest BCUT2D eigenvalue weighted by Crippen LogP contribution is 2.18. The topological polar surface area (TPSA) is 69.4 Å². The summed E-state index contributed by atoms with van der Waals surface area (Å²) >= 11 is 0. The fourth-order valence-corrected chi connectivity index (χ4v) is 0.516. The Bertz CT molecular complexity index is 476. The molecule has 0 bridgehead atoms. The van der Waals surface area contributed by atoms with Crippen molar-refractivity contribution in [2.24, 2.45) is 0 Å². The number of nitrogens with zero attached hydrogens (tertiary/aromatic N) is 1. The maximum absolute atomic E-state index is 10.5. The number of benzene rings is 1. The smallest absolute Gasteiger partial charge is 0.298 e. The molecule has 0 fully saturated rings. The van der Waals surface area contributed by atoms with Gasteiger partial charge in [0.2, 0.25) is 0 Å². The summed E-state index contributed by atoms with van der Waals surface area (Å²) in [6.45, 7) is -0.0990. The van der Waals surface area contributed by atoms with Crippen LogP contribution < -0.4 is 4.74 Å². The number of rotatable bonds is 3. The lowest BCUT2D eigenvalue weighted by atomic mass is 10.3. The first-order chi connectivity index (χ1) is 7.41. The highest BCUT2D eigenvalue weighted by molar-refractivity contribution is 5.48. The van der Waals surface area contributed by atoms with Crippen LogP contribution in [0.1, 0.15) is 5.48 Å². The van der Waals surface area contributed by atoms with Gasteiger partial charge < -0.3 is 4.74 Å². The van der Waals surface area contributed by atoms with Crippen molar-refractivity contribution in [3.05, 3.63) is 34.3 Å². The summed E-state index contributed by atoms with van der Waals surface area (Å²) < 4.78 is 33.3. The third-order valence-corrected chi connectivity index (χ3v) is 0.937. The minimum Gasteiger partial charge on any atom is -0.428 e. The largest absolute Gasteiger partial charge is 0.428 e. The van der Waals surface area contributed by atoms with Crippen molar-refractivity contribution in [2.45, 2.75) is 0 Å². The van der Waals surface area contributed by atoms with Gasteiger partial charge in [-0.2, -0.15) is 0 Å². The number of hydrogen-bond acceptors (Lipinski definition) is 4. The number of hydrogen-bond donors (Lipinski definition) is 0. The summed E-state index contributed by atoms with van der Waals surface area (Å²) in [7, 11) is 0. The van der Waals surface area contributed by atoms with Crippen LogP contribution in [0.15, 0.2) is 24.2 Å². The summed E-state index contributed by atoms with van der Waals surface area (Å²) in [6, 6.07) is -3.17. The third kappa shape index (κ3) is 1.79. The minimum absolute atomic E-state index is 0.0990. The van der Waals surface area contributed by atoms with E-state index in [4.69, 9.17) is 5.48 Å². The van der Waals surface area contributed by atoms with E-state index in [2.05, 4.69) is 4.74 Å². The molecule has 0 atom stereocenters. The summed E-state index contributed by atoms with van der Waals surface area (Å²) in [4.78, 5) is 19.6. The van der Waals surface area contributed by atoms with Gasteiger partial charge in [-0.15, -0.1) is 0 Å². The maximum atomic E-state index is 10.5. The van der Waals surface area contributed by atoms with Crippen molar-refractivity contribution >= 4 is 12.2 Å². The molecule has 0 amide bonds. The van der Waals surface area contributed by atoms with Crippen molar-refractivity contribution in [3.63, 3.8) is 0 Å². The Labute approximate surface area is 73.3 Å². The van der Waals surface area contributed by atoms with E-state index in [1.165, 1.54) is 0 Å². The molecule has 0 aliphatic carbocycles. The van der Waals surface area contributed by atoms with Crippen molar-refractivity contribution in [2.75, 3.05) is 0 Å². The highest BCUT2D eigenvalue weighted by atomic mass is 16.6. The SMILES string of the molecule is [2H]c1c([2H])c(OC=O)c([2H])c([N+](=O)[O-])c1[2H]. The lowest BCUT2D eigenvalue weighted by Crippen LogP contribution is -1.91. The fraction of sp³-hybridized carbons (Fsp3) is 0. The Balaban J connectivity index is 3.65. The van der Waals surface area contributed by atoms with Crippen molar-refractivity contribution in [1.82, 2.24) is 0 Å². The van der Waals surface area contributed by atoms with Gasteiger partial charge in [-0.3, -0.25) is 14.9 Å². The molecule has 12 heavy (non-hydrogen) atoms. The number of nitro benzene ring substituents is 1. The van der Waals surface area contributed by atoms with Crippen molar-refractivity contribution < 1.29 is 19.9 Å². The van der Waals surface area contributed by atoms with Crippen LogP contribution in [0.25, 0.3) is 0 Å². The van der Waals surface area contributed by atoms with Crippen LogP contribution in [0, 0.1) is 10.1 Å². The molecular weight excluding hydrogens is 162 g/mol. The molecule has 1 aromatic carbocycles. The number of ether oxygens (including phenoxy) is 1. The molecule has 1 rings (SSSR count). The standard InChI is InChI=1S/C7H5NO4/c9-5-12-7-3-1-2-6(4-7)8(10)11/h1-5H/i1D,2D,3D,4D. The zero-order valence-corrected chi connectivity index (χ0v) is 5.66. The zero-order valence-electron chi connectivity index (χ0n) is 9.66. The molecule has 0 saturated carbocycles. The molecule has 0 aliphatic heterocycles. The minimum atomic E-state index is -1.03. The number of carbonyl (C=O) groups is 1. The van der Waals surface area contributed by atoms with Gasteiger partial charge in [0.05, 0.1) is 16.4 Å². The summed E-state index contributed by atoms with van der Waals surface area (Å²) in [5, 5.41) is 10.5. The average Bonchev–Trinajstić information content (AvgIpc) is 2.21. The summed E-state index contributed by atoms with van der Waals surface area (Å²) in [6.07, 6.45) is 0. The second kappa shape index (κ2) is 3.47. The van der Waals surface area contributed by atoms with Gasteiger partial charge in [-0.05, 0) is 6.04 Å². The van der Waals surface area contributed by atoms with E-state index in [1.807, 2.05) is 0 Å². The van der Waals surface area contributed by atoms with Gasteiger partial charge in [-0.25, -0.2) is 0 Å². The van der Waals surface area contributed by atoms with Gasteiger partial charge in [0.25, 0.3) is 12.2 Å². The van der Waals surface area contributed by atoms with E-state index in [1.54, 1.807) is 0 Å². The third-order valence-electron chi connectivity index (χ3n) is 0.937. The van der Waals surface area contributed by atoms with Crippen LogP contribution in [-0.2, 0) is 4.79 Å². The molecule has 0 radical (unpaired) electrons. The Hall–Kier alpha value is -1.91. The van der Waals surface area contributed by atoms with Crippen LogP contribution in [0.2, 0.25) is 0 Å². The summed E-state index contributed by atoms with van der Waals surface area (Å²) in [5.74, 6) is -0.692.